The first-order valence-corrected chi connectivity index (χ1v) is 5.36. The van der Waals surface area contributed by atoms with E-state index in [2.05, 4.69) is 0 Å². The minimum Gasteiger partial charge on any atom is -0.496 e. The Bertz CT molecular complexity index is 404. The van der Waals surface area contributed by atoms with E-state index < -0.39 is 5.82 Å². The van der Waals surface area contributed by atoms with Crippen molar-refractivity contribution in [2.45, 2.75) is 26.2 Å². The fraction of sp³-hybridized carbons (Fsp3) is 0.417. The third kappa shape index (κ3) is 2.35. The quantitative estimate of drug-likeness (QED) is 0.758. The van der Waals surface area contributed by atoms with Gasteiger partial charge in [0, 0.05) is 12.0 Å². The molecule has 0 aliphatic carbocycles. The molecule has 1 rings (SSSR count). The van der Waals surface area contributed by atoms with Gasteiger partial charge in [-0.15, -0.1) is 0 Å². The Morgan fingerprint density at radius 2 is 2.25 bits per heavy atom. The van der Waals surface area contributed by atoms with Crippen LogP contribution in [0.3, 0.4) is 0 Å². The van der Waals surface area contributed by atoms with E-state index in [1.807, 2.05) is 6.92 Å². The number of carbonyl (C=O) groups excluding carboxylic acids is 1. The first kappa shape index (κ1) is 13.0. The Morgan fingerprint density at radius 3 is 2.75 bits per heavy atom. The number of rotatable bonds is 4. The van der Waals surface area contributed by atoms with Gasteiger partial charge in [0.15, 0.2) is 0 Å². The summed E-state index contributed by atoms with van der Waals surface area (Å²) in [6, 6.07) is 1.33. The average Bonchev–Trinajstić information content (AvgIpc) is 2.23. The number of ether oxygens (including phenoxy) is 1. The molecule has 1 aromatic rings. The molecule has 0 aliphatic rings. The van der Waals surface area contributed by atoms with E-state index in [4.69, 9.17) is 16.3 Å². The number of methoxy groups -OCH3 is 1. The van der Waals surface area contributed by atoms with Crippen molar-refractivity contribution in [3.05, 3.63) is 28.0 Å². The first-order chi connectivity index (χ1) is 7.52. The second kappa shape index (κ2) is 5.30. The number of aldehydes is 1. The Kier molecular flexibility index (Phi) is 4.30. The van der Waals surface area contributed by atoms with E-state index in [0.717, 1.165) is 6.29 Å². The standard InChI is InChI=1S/C12H14ClFO2/c1-7(4-5-15)10-11(13)9(14)6-8(2)12(10)16-3/h5-7H,4H2,1-3H3. The molecule has 4 heteroatoms. The number of carbonyl (C=O) groups is 1. The van der Waals surface area contributed by atoms with Crippen LogP contribution >= 0.6 is 11.6 Å². The highest BCUT2D eigenvalue weighted by molar-refractivity contribution is 6.31. The summed E-state index contributed by atoms with van der Waals surface area (Å²) < 4.78 is 18.7. The van der Waals surface area contributed by atoms with Gasteiger partial charge in [-0.05, 0) is 24.5 Å². The van der Waals surface area contributed by atoms with E-state index in [1.165, 1.54) is 13.2 Å². The molecule has 0 bridgehead atoms. The molecule has 0 fully saturated rings. The smallest absolute Gasteiger partial charge is 0.142 e. The van der Waals surface area contributed by atoms with Crippen LogP contribution in [0.25, 0.3) is 0 Å². The Labute approximate surface area is 99.4 Å². The monoisotopic (exact) mass is 244 g/mol. The van der Waals surface area contributed by atoms with Crippen LogP contribution in [0.5, 0.6) is 5.75 Å². The number of benzene rings is 1. The summed E-state index contributed by atoms with van der Waals surface area (Å²) in [5, 5.41) is 0.0387. The van der Waals surface area contributed by atoms with Crippen molar-refractivity contribution in [1.29, 1.82) is 0 Å². The van der Waals surface area contributed by atoms with E-state index in [-0.39, 0.29) is 10.9 Å². The molecule has 2 nitrogen and oxygen atoms in total. The molecule has 88 valence electrons. The van der Waals surface area contributed by atoms with Crippen LogP contribution in [-0.4, -0.2) is 13.4 Å². The molecule has 0 radical (unpaired) electrons. The zero-order chi connectivity index (χ0) is 12.3. The van der Waals surface area contributed by atoms with E-state index in [0.29, 0.717) is 23.3 Å². The molecule has 16 heavy (non-hydrogen) atoms. The summed E-state index contributed by atoms with van der Waals surface area (Å²) in [5.74, 6) is -0.0807. The molecule has 1 unspecified atom stereocenters. The van der Waals surface area contributed by atoms with Gasteiger partial charge < -0.3 is 9.53 Å². The maximum absolute atomic E-state index is 13.5. The minimum absolute atomic E-state index is 0.0387. The summed E-state index contributed by atoms with van der Waals surface area (Å²) in [7, 11) is 1.51. The van der Waals surface area contributed by atoms with Gasteiger partial charge in [-0.3, -0.25) is 0 Å². The van der Waals surface area contributed by atoms with Gasteiger partial charge in [-0.2, -0.15) is 0 Å². The Hall–Kier alpha value is -1.09. The van der Waals surface area contributed by atoms with Gasteiger partial charge in [0.1, 0.15) is 17.9 Å². The van der Waals surface area contributed by atoms with Gasteiger partial charge in [-0.25, -0.2) is 4.39 Å². The zero-order valence-electron chi connectivity index (χ0n) is 9.51. The third-order valence-electron chi connectivity index (χ3n) is 2.54. The van der Waals surface area contributed by atoms with Crippen molar-refractivity contribution in [2.24, 2.45) is 0 Å². The molecule has 1 atom stereocenters. The molecule has 0 aromatic heterocycles. The number of halogens is 2. The lowest BCUT2D eigenvalue weighted by Gasteiger charge is -2.18. The lowest BCUT2D eigenvalue weighted by Crippen LogP contribution is -2.03. The lowest BCUT2D eigenvalue weighted by atomic mass is 9.95. The molecular weight excluding hydrogens is 231 g/mol. The van der Waals surface area contributed by atoms with E-state index in [9.17, 15) is 9.18 Å². The van der Waals surface area contributed by atoms with Crippen LogP contribution in [0.15, 0.2) is 6.07 Å². The van der Waals surface area contributed by atoms with Gasteiger partial charge in [-0.1, -0.05) is 18.5 Å². The van der Waals surface area contributed by atoms with E-state index in [1.54, 1.807) is 6.92 Å². The van der Waals surface area contributed by atoms with Crippen molar-refractivity contribution < 1.29 is 13.9 Å². The topological polar surface area (TPSA) is 26.3 Å². The lowest BCUT2D eigenvalue weighted by molar-refractivity contribution is -0.108. The average molecular weight is 245 g/mol. The molecule has 0 spiro atoms. The van der Waals surface area contributed by atoms with Crippen LogP contribution < -0.4 is 4.74 Å². The molecule has 1 aromatic carbocycles. The minimum atomic E-state index is -0.479. The van der Waals surface area contributed by atoms with Crippen LogP contribution in [0.1, 0.15) is 30.4 Å². The predicted octanol–water partition coefficient (Wildman–Crippen LogP) is 3.49. The van der Waals surface area contributed by atoms with Gasteiger partial charge in [0.05, 0.1) is 12.1 Å². The van der Waals surface area contributed by atoms with Crippen LogP contribution in [0, 0.1) is 12.7 Å². The fourth-order valence-electron chi connectivity index (χ4n) is 1.73. The third-order valence-corrected chi connectivity index (χ3v) is 2.92. The van der Waals surface area contributed by atoms with Crippen molar-refractivity contribution in [1.82, 2.24) is 0 Å². The van der Waals surface area contributed by atoms with Crippen molar-refractivity contribution in [3.8, 4) is 5.75 Å². The van der Waals surface area contributed by atoms with Crippen LogP contribution in [0.2, 0.25) is 5.02 Å². The molecule has 0 aliphatic heterocycles. The SMILES string of the molecule is COc1c(C)cc(F)c(Cl)c1C(C)CC=O. The predicted molar refractivity (Wildman–Crippen MR) is 61.8 cm³/mol. The van der Waals surface area contributed by atoms with Gasteiger partial charge >= 0.3 is 0 Å². The highest BCUT2D eigenvalue weighted by Crippen LogP contribution is 2.38. The second-order valence-corrected chi connectivity index (χ2v) is 4.12. The Morgan fingerprint density at radius 1 is 1.62 bits per heavy atom. The molecule has 0 heterocycles. The van der Waals surface area contributed by atoms with Crippen molar-refractivity contribution >= 4 is 17.9 Å². The van der Waals surface area contributed by atoms with Gasteiger partial charge in [0.25, 0.3) is 0 Å². The molecule has 0 N–H and O–H groups in total. The number of aryl methyl sites for hydroxylation is 1. The molecular formula is C12H14ClFO2. The molecule has 0 saturated carbocycles. The number of hydrogen-bond acceptors (Lipinski definition) is 2. The largest absolute Gasteiger partial charge is 0.496 e. The summed E-state index contributed by atoms with van der Waals surface area (Å²) in [4.78, 5) is 10.5. The van der Waals surface area contributed by atoms with Gasteiger partial charge in [0.2, 0.25) is 0 Å². The molecule has 0 amide bonds. The fourth-order valence-corrected chi connectivity index (χ4v) is 2.06. The maximum Gasteiger partial charge on any atom is 0.142 e. The van der Waals surface area contributed by atoms with Crippen molar-refractivity contribution in [3.63, 3.8) is 0 Å². The summed E-state index contributed by atoms with van der Waals surface area (Å²) in [6.07, 6.45) is 1.08. The highest BCUT2D eigenvalue weighted by Gasteiger charge is 2.20. The van der Waals surface area contributed by atoms with E-state index >= 15 is 0 Å². The van der Waals surface area contributed by atoms with Crippen LogP contribution in [0.4, 0.5) is 4.39 Å². The number of hydrogen-bond donors (Lipinski definition) is 0. The summed E-state index contributed by atoms with van der Waals surface area (Å²) in [5.41, 5.74) is 1.24. The summed E-state index contributed by atoms with van der Waals surface area (Å²) in [6.45, 7) is 3.56. The molecule has 0 saturated heterocycles. The maximum atomic E-state index is 13.5. The van der Waals surface area contributed by atoms with Crippen LogP contribution in [-0.2, 0) is 4.79 Å². The normalized spacial score (nSPS) is 12.3. The Balaban J connectivity index is 3.37. The summed E-state index contributed by atoms with van der Waals surface area (Å²) >= 11 is 5.91. The first-order valence-electron chi connectivity index (χ1n) is 4.99. The highest BCUT2D eigenvalue weighted by atomic mass is 35.5. The van der Waals surface area contributed by atoms with Crippen molar-refractivity contribution in [2.75, 3.05) is 7.11 Å². The second-order valence-electron chi connectivity index (χ2n) is 3.74. The zero-order valence-corrected chi connectivity index (χ0v) is 10.3.